The molecule has 0 aliphatic heterocycles. The summed E-state index contributed by atoms with van der Waals surface area (Å²) in [4.78, 5) is 0. The summed E-state index contributed by atoms with van der Waals surface area (Å²) in [7, 11) is 0. The zero-order valence-electron chi connectivity index (χ0n) is 3.38. The molecule has 0 fully saturated rings. The first kappa shape index (κ1) is 6.14. The van der Waals surface area contributed by atoms with E-state index in [-0.39, 0.29) is 6.61 Å². The Kier molecular flexibility index (Phi) is 3.42. The van der Waals surface area contributed by atoms with Crippen LogP contribution in [0.25, 0.3) is 0 Å². The molecule has 0 aromatic carbocycles. The fraction of sp³-hybridized carbons (Fsp3) is 1.00. The van der Waals surface area contributed by atoms with Gasteiger partial charge in [-0.1, -0.05) is 0 Å². The van der Waals surface area contributed by atoms with Crippen molar-refractivity contribution in [3.63, 3.8) is 0 Å². The Hall–Kier alpha value is 0.144. The number of hydrogen-bond acceptors (Lipinski definition) is 3. The third-order valence-corrected chi connectivity index (χ3v) is 0.967. The van der Waals surface area contributed by atoms with Gasteiger partial charge < -0.3 is 0 Å². The van der Waals surface area contributed by atoms with Crippen LogP contribution in [0.2, 0.25) is 0 Å². The average Bonchev–Trinajstić information content (AvgIpc) is 1.35. The van der Waals surface area contributed by atoms with Crippen molar-refractivity contribution in [3.05, 3.63) is 0 Å². The van der Waals surface area contributed by atoms with Crippen LogP contribution >= 0.6 is 0 Å². The molecule has 0 saturated heterocycles. The van der Waals surface area contributed by atoms with Crippen molar-refractivity contribution in [2.24, 2.45) is 0 Å². The van der Waals surface area contributed by atoms with Crippen LogP contribution in [0.5, 0.6) is 0 Å². The van der Waals surface area contributed by atoms with Gasteiger partial charge in [-0.15, -0.1) is 0 Å². The minimum absolute atomic E-state index is 0.271. The molecule has 0 radical (unpaired) electrons. The van der Waals surface area contributed by atoms with Gasteiger partial charge in [0.1, 0.15) is 0 Å². The van der Waals surface area contributed by atoms with Gasteiger partial charge in [-0.05, 0) is 0 Å². The molecule has 36 valence electrons. The number of rotatable bonds is 2. The maximum absolute atomic E-state index is 9.50. The molecule has 0 heterocycles. The predicted molar refractivity (Wildman–Crippen MR) is 13.0 cm³/mol. The third kappa shape index (κ3) is 4.14. The van der Waals surface area contributed by atoms with Crippen molar-refractivity contribution in [3.8, 4) is 0 Å². The Bertz CT molecular complexity index is 76.8. The van der Waals surface area contributed by atoms with E-state index in [0.29, 0.717) is 0 Å². The summed E-state index contributed by atoms with van der Waals surface area (Å²) in [5, 5.41) is 0. The van der Waals surface area contributed by atoms with Crippen molar-refractivity contribution in [1.82, 2.24) is 0 Å². The van der Waals surface area contributed by atoms with E-state index >= 15 is 0 Å². The SMILES string of the molecule is CC[O][V](=[O])=[O]. The zero-order chi connectivity index (χ0) is 4.99. The predicted octanol–water partition coefficient (Wildman–Crippen LogP) is 0.247. The van der Waals surface area contributed by atoms with Crippen molar-refractivity contribution in [2.45, 2.75) is 6.92 Å². The first-order valence-electron chi connectivity index (χ1n) is 1.54. The topological polar surface area (TPSA) is 43.4 Å². The molecule has 0 aliphatic rings. The molecule has 0 atom stereocenters. The molecule has 0 rings (SSSR count). The Balaban J connectivity index is 3.07. The van der Waals surface area contributed by atoms with E-state index in [9.17, 15) is 7.35 Å². The van der Waals surface area contributed by atoms with Gasteiger partial charge in [-0.25, -0.2) is 0 Å². The van der Waals surface area contributed by atoms with E-state index in [1.165, 1.54) is 0 Å². The third-order valence-electron chi connectivity index (χ3n) is 0.235. The summed E-state index contributed by atoms with van der Waals surface area (Å²) in [6.07, 6.45) is 0. The quantitative estimate of drug-likeness (QED) is 0.535. The van der Waals surface area contributed by atoms with Crippen LogP contribution in [0.4, 0.5) is 0 Å². The van der Waals surface area contributed by atoms with Gasteiger partial charge in [0, 0.05) is 0 Å². The van der Waals surface area contributed by atoms with E-state index in [4.69, 9.17) is 0 Å². The summed E-state index contributed by atoms with van der Waals surface area (Å²) in [6.45, 7) is 1.91. The van der Waals surface area contributed by atoms with Crippen LogP contribution in [-0.2, 0) is 26.4 Å². The molecule has 0 saturated carbocycles. The minimum atomic E-state index is -3.22. The van der Waals surface area contributed by atoms with Gasteiger partial charge in [0.2, 0.25) is 0 Å². The van der Waals surface area contributed by atoms with Crippen molar-refractivity contribution < 1.29 is 26.4 Å². The van der Waals surface area contributed by atoms with Crippen LogP contribution in [0, 0.1) is 0 Å². The van der Waals surface area contributed by atoms with Gasteiger partial charge in [-0.3, -0.25) is 0 Å². The molecule has 0 aromatic heterocycles. The first-order chi connectivity index (χ1) is 2.77. The van der Waals surface area contributed by atoms with Gasteiger partial charge in [0.15, 0.2) is 0 Å². The first-order valence-corrected chi connectivity index (χ1v) is 3.25. The Morgan fingerprint density at radius 3 is 2.17 bits per heavy atom. The normalized spacial score (nSPS) is 8.17. The molecular weight excluding hydrogens is 123 g/mol. The van der Waals surface area contributed by atoms with Crippen LogP contribution in [0.15, 0.2) is 0 Å². The molecule has 0 unspecified atom stereocenters. The van der Waals surface area contributed by atoms with Gasteiger partial charge in [0.25, 0.3) is 0 Å². The summed E-state index contributed by atoms with van der Waals surface area (Å²) in [5.41, 5.74) is 0. The zero-order valence-corrected chi connectivity index (χ0v) is 4.78. The Morgan fingerprint density at radius 2 is 2.17 bits per heavy atom. The van der Waals surface area contributed by atoms with Crippen LogP contribution < -0.4 is 0 Å². The summed E-state index contributed by atoms with van der Waals surface area (Å²) < 4.78 is 23.1. The summed E-state index contributed by atoms with van der Waals surface area (Å²) in [6, 6.07) is 0. The molecule has 0 aromatic rings. The summed E-state index contributed by atoms with van der Waals surface area (Å²) >= 11 is -3.22. The van der Waals surface area contributed by atoms with Gasteiger partial charge in [-0.2, -0.15) is 0 Å². The van der Waals surface area contributed by atoms with E-state index in [0.717, 1.165) is 0 Å². The van der Waals surface area contributed by atoms with Crippen molar-refractivity contribution >= 4 is 0 Å². The standard InChI is InChI=1S/C2H5O.2O.V/c1-2-3;;;/h2H2,1H3;;;/q-1;;;+1. The van der Waals surface area contributed by atoms with E-state index in [2.05, 4.69) is 3.66 Å². The Morgan fingerprint density at radius 1 is 1.67 bits per heavy atom. The van der Waals surface area contributed by atoms with Crippen LogP contribution in [-0.4, -0.2) is 6.61 Å². The van der Waals surface area contributed by atoms with Crippen LogP contribution in [0.3, 0.4) is 0 Å². The Labute approximate surface area is 40.7 Å². The fourth-order valence-corrected chi connectivity index (χ4v) is 0.435. The molecule has 6 heavy (non-hydrogen) atoms. The molecule has 0 amide bonds. The molecule has 0 spiro atoms. The average molecular weight is 128 g/mol. The van der Waals surface area contributed by atoms with Crippen LogP contribution in [0.1, 0.15) is 6.92 Å². The molecule has 4 heteroatoms. The maximum atomic E-state index is 9.50. The van der Waals surface area contributed by atoms with E-state index in [1.807, 2.05) is 0 Å². The van der Waals surface area contributed by atoms with Gasteiger partial charge >= 0.3 is 39.9 Å². The second-order valence-corrected chi connectivity index (χ2v) is 1.74. The fourth-order valence-electron chi connectivity index (χ4n) is 0.105. The molecular formula is C2H5O3V. The van der Waals surface area contributed by atoms with E-state index in [1.54, 1.807) is 6.92 Å². The second-order valence-electron chi connectivity index (χ2n) is 0.641. The summed E-state index contributed by atoms with van der Waals surface area (Å²) in [5.74, 6) is 0. The molecule has 3 nitrogen and oxygen atoms in total. The van der Waals surface area contributed by atoms with Gasteiger partial charge in [0.05, 0.1) is 0 Å². The van der Waals surface area contributed by atoms with Crippen molar-refractivity contribution in [2.75, 3.05) is 6.61 Å². The second kappa shape index (κ2) is 3.34. The van der Waals surface area contributed by atoms with Crippen molar-refractivity contribution in [1.29, 1.82) is 0 Å². The number of hydrogen-bond donors (Lipinski definition) is 0. The monoisotopic (exact) mass is 128 g/mol. The molecule has 0 aliphatic carbocycles. The molecule has 0 N–H and O–H groups in total. The van der Waals surface area contributed by atoms with E-state index < -0.39 is 15.4 Å². The molecule has 0 bridgehead atoms.